The normalized spacial score (nSPS) is 25.1. The zero-order valence-electron chi connectivity index (χ0n) is 13.2. The second kappa shape index (κ2) is 6.90. The van der Waals surface area contributed by atoms with E-state index in [0.29, 0.717) is 18.5 Å². The van der Waals surface area contributed by atoms with E-state index in [4.69, 9.17) is 5.73 Å². The van der Waals surface area contributed by atoms with Crippen molar-refractivity contribution < 1.29 is 4.79 Å². The fraction of sp³-hybridized carbons (Fsp3) is 0.938. The number of piperidine rings is 1. The van der Waals surface area contributed by atoms with Gasteiger partial charge < -0.3 is 16.0 Å². The van der Waals surface area contributed by atoms with Crippen LogP contribution >= 0.6 is 0 Å². The second-order valence-electron chi connectivity index (χ2n) is 6.52. The molecule has 0 radical (unpaired) electrons. The van der Waals surface area contributed by atoms with E-state index in [2.05, 4.69) is 24.1 Å². The van der Waals surface area contributed by atoms with E-state index in [1.54, 1.807) is 0 Å². The third-order valence-electron chi connectivity index (χ3n) is 5.69. The Hall–Kier alpha value is -0.610. The number of hydrogen-bond donors (Lipinski definition) is 2. The zero-order chi connectivity index (χ0) is 14.6. The van der Waals surface area contributed by atoms with Crippen molar-refractivity contribution in [3.8, 4) is 0 Å². The van der Waals surface area contributed by atoms with Gasteiger partial charge in [-0.05, 0) is 51.0 Å². The molecule has 4 nitrogen and oxygen atoms in total. The molecule has 116 valence electrons. The average molecular weight is 281 g/mol. The van der Waals surface area contributed by atoms with Gasteiger partial charge in [0, 0.05) is 25.7 Å². The molecular weight excluding hydrogens is 250 g/mol. The monoisotopic (exact) mass is 281 g/mol. The van der Waals surface area contributed by atoms with Crippen molar-refractivity contribution in [1.82, 2.24) is 10.2 Å². The largest absolute Gasteiger partial charge is 0.342 e. The van der Waals surface area contributed by atoms with E-state index in [9.17, 15) is 4.79 Å². The van der Waals surface area contributed by atoms with E-state index >= 15 is 0 Å². The van der Waals surface area contributed by atoms with Crippen molar-refractivity contribution in [3.05, 3.63) is 0 Å². The summed E-state index contributed by atoms with van der Waals surface area (Å²) >= 11 is 0. The summed E-state index contributed by atoms with van der Waals surface area (Å²) in [7, 11) is 0. The number of rotatable bonds is 5. The molecule has 1 unspecified atom stereocenters. The number of amides is 1. The smallest absolute Gasteiger partial charge is 0.230 e. The van der Waals surface area contributed by atoms with E-state index in [0.717, 1.165) is 44.7 Å². The van der Waals surface area contributed by atoms with Crippen LogP contribution in [0.25, 0.3) is 0 Å². The first kappa shape index (κ1) is 15.8. The van der Waals surface area contributed by atoms with Crippen LogP contribution in [-0.4, -0.2) is 43.0 Å². The number of nitrogens with zero attached hydrogens (tertiary/aromatic N) is 1. The molecule has 0 spiro atoms. The molecule has 2 fully saturated rings. The number of carbonyl (C=O) groups is 1. The maximum absolute atomic E-state index is 12.8. The van der Waals surface area contributed by atoms with Gasteiger partial charge in [-0.1, -0.05) is 13.8 Å². The molecule has 2 rings (SSSR count). The van der Waals surface area contributed by atoms with Crippen molar-refractivity contribution in [2.45, 2.75) is 58.4 Å². The molecule has 2 aliphatic rings. The molecule has 20 heavy (non-hydrogen) atoms. The number of nitrogens with one attached hydrogen (secondary N) is 1. The SMILES string of the molecule is CCC(CC)(CN)C(=O)N1CCC(C2CCCN2)CC1. The molecule has 1 amide bonds. The third kappa shape index (κ3) is 3.01. The molecule has 1 atom stereocenters. The van der Waals surface area contributed by atoms with Gasteiger partial charge in [0.05, 0.1) is 5.41 Å². The molecule has 0 aromatic heterocycles. The first-order valence-corrected chi connectivity index (χ1v) is 8.39. The molecule has 2 saturated heterocycles. The van der Waals surface area contributed by atoms with Gasteiger partial charge in [0.1, 0.15) is 0 Å². The Morgan fingerprint density at radius 2 is 1.90 bits per heavy atom. The molecule has 4 heteroatoms. The maximum Gasteiger partial charge on any atom is 0.230 e. The van der Waals surface area contributed by atoms with Gasteiger partial charge in [-0.25, -0.2) is 0 Å². The van der Waals surface area contributed by atoms with Crippen molar-refractivity contribution in [2.24, 2.45) is 17.1 Å². The van der Waals surface area contributed by atoms with Crippen LogP contribution in [0.1, 0.15) is 52.4 Å². The topological polar surface area (TPSA) is 58.4 Å². The molecule has 2 aliphatic heterocycles. The highest BCUT2D eigenvalue weighted by Gasteiger charge is 2.39. The standard InChI is InChI=1S/C16H31N3O/c1-3-16(4-2,12-17)15(20)19-10-7-13(8-11-19)14-6-5-9-18-14/h13-14,18H,3-12,17H2,1-2H3. The quantitative estimate of drug-likeness (QED) is 0.807. The van der Waals surface area contributed by atoms with Gasteiger partial charge in [-0.3, -0.25) is 4.79 Å². The summed E-state index contributed by atoms with van der Waals surface area (Å²) in [6, 6.07) is 0.698. The number of likely N-dealkylation sites (tertiary alicyclic amines) is 1. The van der Waals surface area contributed by atoms with Crippen LogP contribution in [0.15, 0.2) is 0 Å². The molecular formula is C16H31N3O. The summed E-state index contributed by atoms with van der Waals surface area (Å²) in [5.74, 6) is 1.06. The minimum Gasteiger partial charge on any atom is -0.342 e. The Balaban J connectivity index is 1.90. The lowest BCUT2D eigenvalue weighted by Gasteiger charge is -2.40. The Morgan fingerprint density at radius 1 is 1.25 bits per heavy atom. The van der Waals surface area contributed by atoms with Crippen LogP contribution in [0, 0.1) is 11.3 Å². The van der Waals surface area contributed by atoms with Crippen molar-refractivity contribution in [1.29, 1.82) is 0 Å². The van der Waals surface area contributed by atoms with Crippen LogP contribution in [0.3, 0.4) is 0 Å². The van der Waals surface area contributed by atoms with Gasteiger partial charge in [0.15, 0.2) is 0 Å². The molecule has 0 aromatic carbocycles. The molecule has 0 bridgehead atoms. The summed E-state index contributed by atoms with van der Waals surface area (Å²) in [5, 5.41) is 3.61. The Morgan fingerprint density at radius 3 is 2.35 bits per heavy atom. The van der Waals surface area contributed by atoms with Gasteiger partial charge >= 0.3 is 0 Å². The lowest BCUT2D eigenvalue weighted by Crippen LogP contribution is -2.51. The van der Waals surface area contributed by atoms with E-state index in [1.165, 1.54) is 19.4 Å². The fourth-order valence-corrected chi connectivity index (χ4v) is 3.88. The highest BCUT2D eigenvalue weighted by Crippen LogP contribution is 2.31. The molecule has 0 aromatic rings. The van der Waals surface area contributed by atoms with Crippen molar-refractivity contribution in [2.75, 3.05) is 26.2 Å². The molecule has 2 heterocycles. The zero-order valence-corrected chi connectivity index (χ0v) is 13.2. The number of carbonyl (C=O) groups excluding carboxylic acids is 1. The summed E-state index contributed by atoms with van der Waals surface area (Å²) < 4.78 is 0. The van der Waals surface area contributed by atoms with Crippen LogP contribution in [0.2, 0.25) is 0 Å². The number of nitrogens with two attached hydrogens (primary N) is 1. The van der Waals surface area contributed by atoms with E-state index < -0.39 is 0 Å². The van der Waals surface area contributed by atoms with Gasteiger partial charge in [-0.2, -0.15) is 0 Å². The summed E-state index contributed by atoms with van der Waals surface area (Å²) in [6.07, 6.45) is 6.63. The Bertz CT molecular complexity index is 305. The highest BCUT2D eigenvalue weighted by molar-refractivity contribution is 5.83. The minimum atomic E-state index is -0.321. The van der Waals surface area contributed by atoms with Gasteiger partial charge in [0.2, 0.25) is 5.91 Å². The summed E-state index contributed by atoms with van der Waals surface area (Å²) in [4.78, 5) is 14.8. The van der Waals surface area contributed by atoms with Crippen LogP contribution in [-0.2, 0) is 4.79 Å². The molecule has 0 saturated carbocycles. The van der Waals surface area contributed by atoms with E-state index in [1.807, 2.05) is 0 Å². The lowest BCUT2D eigenvalue weighted by atomic mass is 9.79. The predicted molar refractivity (Wildman–Crippen MR) is 82.4 cm³/mol. The van der Waals surface area contributed by atoms with Crippen LogP contribution in [0.5, 0.6) is 0 Å². The summed E-state index contributed by atoms with van der Waals surface area (Å²) in [6.45, 7) is 7.66. The highest BCUT2D eigenvalue weighted by atomic mass is 16.2. The molecule has 3 N–H and O–H groups in total. The lowest BCUT2D eigenvalue weighted by molar-refractivity contribution is -0.143. The Labute approximate surface area is 123 Å². The van der Waals surface area contributed by atoms with Crippen LogP contribution < -0.4 is 11.1 Å². The Kier molecular flexibility index (Phi) is 5.44. The van der Waals surface area contributed by atoms with Crippen LogP contribution in [0.4, 0.5) is 0 Å². The maximum atomic E-state index is 12.8. The predicted octanol–water partition coefficient (Wildman–Crippen LogP) is 1.74. The fourth-order valence-electron chi connectivity index (χ4n) is 3.88. The van der Waals surface area contributed by atoms with Gasteiger partial charge in [0.25, 0.3) is 0 Å². The van der Waals surface area contributed by atoms with Crippen molar-refractivity contribution in [3.63, 3.8) is 0 Å². The summed E-state index contributed by atoms with van der Waals surface area (Å²) in [5.41, 5.74) is 5.58. The molecule has 0 aliphatic carbocycles. The van der Waals surface area contributed by atoms with Crippen molar-refractivity contribution >= 4 is 5.91 Å². The third-order valence-corrected chi connectivity index (χ3v) is 5.69. The average Bonchev–Trinajstić information content (AvgIpc) is 3.04. The van der Waals surface area contributed by atoms with Gasteiger partial charge in [-0.15, -0.1) is 0 Å². The first-order valence-electron chi connectivity index (χ1n) is 8.39. The first-order chi connectivity index (χ1) is 9.66. The minimum absolute atomic E-state index is 0.294. The number of hydrogen-bond acceptors (Lipinski definition) is 3. The second-order valence-corrected chi connectivity index (χ2v) is 6.52. The van der Waals surface area contributed by atoms with E-state index in [-0.39, 0.29) is 5.41 Å².